The van der Waals surface area contributed by atoms with Crippen molar-refractivity contribution in [2.45, 2.75) is 39.3 Å². The smallest absolute Gasteiger partial charge is 0.407 e. The van der Waals surface area contributed by atoms with Crippen LogP contribution in [0.15, 0.2) is 23.1 Å². The van der Waals surface area contributed by atoms with Crippen molar-refractivity contribution in [3.8, 4) is 0 Å². The Labute approximate surface area is 117 Å². The number of pyridine rings is 1. The van der Waals surface area contributed by atoms with Gasteiger partial charge in [-0.3, -0.25) is 9.59 Å². The zero-order valence-electron chi connectivity index (χ0n) is 12.0. The second-order valence-corrected chi connectivity index (χ2v) is 5.39. The number of nitrogens with zero attached hydrogens (tertiary/aromatic N) is 1. The van der Waals surface area contributed by atoms with Crippen molar-refractivity contribution < 1.29 is 14.3 Å². The molecule has 110 valence electrons. The van der Waals surface area contributed by atoms with E-state index in [1.54, 1.807) is 20.8 Å². The Bertz CT molecular complexity index is 529. The van der Waals surface area contributed by atoms with Gasteiger partial charge in [-0.15, -0.1) is 0 Å². The lowest BCUT2D eigenvalue weighted by molar-refractivity contribution is 0.0526. The molecule has 6 nitrogen and oxygen atoms in total. The van der Waals surface area contributed by atoms with E-state index in [4.69, 9.17) is 4.74 Å². The first kappa shape index (κ1) is 15.9. The van der Waals surface area contributed by atoms with Crippen molar-refractivity contribution >= 4 is 12.4 Å². The lowest BCUT2D eigenvalue weighted by Crippen LogP contribution is -2.33. The largest absolute Gasteiger partial charge is 0.444 e. The molecule has 1 rings (SSSR count). The standard InChI is InChI=1S/C14H20N2O4/c1-14(2,3)20-13(19)15-7-4-8-16-9-11(10-17)5-6-12(16)18/h5-6,9-10H,4,7-8H2,1-3H3,(H,15,19). The predicted molar refractivity (Wildman–Crippen MR) is 74.9 cm³/mol. The zero-order chi connectivity index (χ0) is 15.2. The number of hydrogen-bond acceptors (Lipinski definition) is 4. The van der Waals surface area contributed by atoms with Crippen LogP contribution in [-0.2, 0) is 11.3 Å². The SMILES string of the molecule is CC(C)(C)OC(=O)NCCCn1cc(C=O)ccc1=O. The van der Waals surface area contributed by atoms with Crippen molar-refractivity contribution in [2.75, 3.05) is 6.54 Å². The molecule has 0 unspecified atom stereocenters. The number of aromatic nitrogens is 1. The Kier molecular flexibility index (Phi) is 5.49. The first-order valence-corrected chi connectivity index (χ1v) is 6.44. The highest BCUT2D eigenvalue weighted by Gasteiger charge is 2.15. The molecule has 0 aliphatic heterocycles. The quantitative estimate of drug-likeness (QED) is 0.656. The molecular weight excluding hydrogens is 260 g/mol. The maximum absolute atomic E-state index is 11.5. The maximum atomic E-state index is 11.5. The van der Waals surface area contributed by atoms with Crippen molar-refractivity contribution in [3.05, 3.63) is 34.2 Å². The first-order valence-electron chi connectivity index (χ1n) is 6.44. The molecule has 1 amide bonds. The van der Waals surface area contributed by atoms with Gasteiger partial charge in [-0.05, 0) is 33.3 Å². The van der Waals surface area contributed by atoms with Gasteiger partial charge in [-0.2, -0.15) is 0 Å². The van der Waals surface area contributed by atoms with E-state index in [1.165, 1.54) is 22.9 Å². The Morgan fingerprint density at radius 3 is 2.70 bits per heavy atom. The van der Waals surface area contributed by atoms with Crippen LogP contribution >= 0.6 is 0 Å². The fourth-order valence-electron chi connectivity index (χ4n) is 1.55. The highest BCUT2D eigenvalue weighted by molar-refractivity contribution is 5.73. The Morgan fingerprint density at radius 1 is 1.40 bits per heavy atom. The lowest BCUT2D eigenvalue weighted by Gasteiger charge is -2.19. The highest BCUT2D eigenvalue weighted by atomic mass is 16.6. The van der Waals surface area contributed by atoms with E-state index < -0.39 is 11.7 Å². The number of aldehydes is 1. The van der Waals surface area contributed by atoms with Crippen molar-refractivity contribution in [1.29, 1.82) is 0 Å². The van der Waals surface area contributed by atoms with E-state index in [0.717, 1.165) is 0 Å². The minimum atomic E-state index is -0.528. The van der Waals surface area contributed by atoms with Gasteiger partial charge in [-0.1, -0.05) is 0 Å². The summed E-state index contributed by atoms with van der Waals surface area (Å²) >= 11 is 0. The number of aryl methyl sites for hydroxylation is 1. The number of hydrogen-bond donors (Lipinski definition) is 1. The average Bonchev–Trinajstić information content (AvgIpc) is 2.34. The van der Waals surface area contributed by atoms with E-state index in [0.29, 0.717) is 31.4 Å². The average molecular weight is 280 g/mol. The molecule has 0 radical (unpaired) electrons. The summed E-state index contributed by atoms with van der Waals surface area (Å²) in [6.45, 7) is 6.19. The normalized spacial score (nSPS) is 10.9. The Morgan fingerprint density at radius 2 is 2.10 bits per heavy atom. The summed E-state index contributed by atoms with van der Waals surface area (Å²) in [5, 5.41) is 2.61. The summed E-state index contributed by atoms with van der Waals surface area (Å²) in [4.78, 5) is 33.6. The molecule has 1 aromatic heterocycles. The molecule has 0 atom stereocenters. The molecule has 20 heavy (non-hydrogen) atoms. The first-order chi connectivity index (χ1) is 9.31. The van der Waals surface area contributed by atoms with Crippen molar-refractivity contribution in [3.63, 3.8) is 0 Å². The molecule has 0 bridgehead atoms. The van der Waals surface area contributed by atoms with Gasteiger partial charge in [0.05, 0.1) is 0 Å². The van der Waals surface area contributed by atoms with Crippen LogP contribution in [0.3, 0.4) is 0 Å². The van der Waals surface area contributed by atoms with E-state index >= 15 is 0 Å². The van der Waals surface area contributed by atoms with Gasteiger partial charge >= 0.3 is 6.09 Å². The minimum absolute atomic E-state index is 0.173. The van der Waals surface area contributed by atoms with Crippen LogP contribution in [0.5, 0.6) is 0 Å². The summed E-state index contributed by atoms with van der Waals surface area (Å²) in [7, 11) is 0. The molecule has 1 N–H and O–H groups in total. The fraction of sp³-hybridized carbons (Fsp3) is 0.500. The van der Waals surface area contributed by atoms with Crippen molar-refractivity contribution in [1.82, 2.24) is 9.88 Å². The lowest BCUT2D eigenvalue weighted by atomic mass is 10.2. The number of carbonyl (C=O) groups is 2. The van der Waals surface area contributed by atoms with Gasteiger partial charge in [0, 0.05) is 30.9 Å². The van der Waals surface area contributed by atoms with Gasteiger partial charge in [-0.25, -0.2) is 4.79 Å². The molecule has 0 saturated carbocycles. The van der Waals surface area contributed by atoms with Crippen LogP contribution in [0.1, 0.15) is 37.6 Å². The second kappa shape index (κ2) is 6.88. The third-order valence-electron chi connectivity index (χ3n) is 2.39. The van der Waals surface area contributed by atoms with Gasteiger partial charge in [0.1, 0.15) is 5.60 Å². The number of ether oxygens (including phenoxy) is 1. The Hall–Kier alpha value is -2.11. The van der Waals surface area contributed by atoms with Crippen LogP contribution in [0.25, 0.3) is 0 Å². The van der Waals surface area contributed by atoms with Gasteiger partial charge in [0.2, 0.25) is 0 Å². The predicted octanol–water partition coefficient (Wildman–Crippen LogP) is 1.58. The Balaban J connectivity index is 2.40. The van der Waals surface area contributed by atoms with E-state index in [1.807, 2.05) is 0 Å². The molecule has 0 saturated heterocycles. The number of nitrogens with one attached hydrogen (secondary N) is 1. The van der Waals surface area contributed by atoms with Crippen LogP contribution in [0.2, 0.25) is 0 Å². The van der Waals surface area contributed by atoms with E-state index in [2.05, 4.69) is 5.32 Å². The molecule has 0 spiro atoms. The van der Waals surface area contributed by atoms with Gasteiger partial charge in [0.25, 0.3) is 5.56 Å². The zero-order valence-corrected chi connectivity index (χ0v) is 12.0. The molecule has 6 heteroatoms. The van der Waals surface area contributed by atoms with Crippen LogP contribution in [0.4, 0.5) is 4.79 Å². The van der Waals surface area contributed by atoms with Crippen molar-refractivity contribution in [2.24, 2.45) is 0 Å². The van der Waals surface area contributed by atoms with Gasteiger partial charge in [0.15, 0.2) is 6.29 Å². The number of alkyl carbamates (subject to hydrolysis) is 1. The topological polar surface area (TPSA) is 77.4 Å². The van der Waals surface area contributed by atoms with Gasteiger partial charge < -0.3 is 14.6 Å². The monoisotopic (exact) mass is 280 g/mol. The second-order valence-electron chi connectivity index (χ2n) is 5.39. The number of rotatable bonds is 5. The summed E-state index contributed by atoms with van der Waals surface area (Å²) < 4.78 is 6.53. The summed E-state index contributed by atoms with van der Waals surface area (Å²) in [6, 6.07) is 2.83. The maximum Gasteiger partial charge on any atom is 0.407 e. The van der Waals surface area contributed by atoms with Crippen LogP contribution < -0.4 is 10.9 Å². The molecular formula is C14H20N2O4. The van der Waals surface area contributed by atoms with Crippen LogP contribution in [-0.4, -0.2) is 29.1 Å². The molecule has 0 aliphatic carbocycles. The molecule has 0 aromatic carbocycles. The minimum Gasteiger partial charge on any atom is -0.444 e. The van der Waals surface area contributed by atoms with Crippen LogP contribution in [0, 0.1) is 0 Å². The fourth-order valence-corrected chi connectivity index (χ4v) is 1.55. The number of carbonyl (C=O) groups excluding carboxylic acids is 2. The third-order valence-corrected chi connectivity index (χ3v) is 2.39. The molecule has 1 aromatic rings. The summed E-state index contributed by atoms with van der Waals surface area (Å²) in [6.07, 6.45) is 2.28. The molecule has 0 aliphatic rings. The number of amides is 1. The highest BCUT2D eigenvalue weighted by Crippen LogP contribution is 2.06. The summed E-state index contributed by atoms with van der Waals surface area (Å²) in [5.74, 6) is 0. The van der Waals surface area contributed by atoms with E-state index in [9.17, 15) is 14.4 Å². The summed E-state index contributed by atoms with van der Waals surface area (Å²) in [5.41, 5.74) is -0.253. The molecule has 1 heterocycles. The van der Waals surface area contributed by atoms with E-state index in [-0.39, 0.29) is 5.56 Å². The molecule has 0 fully saturated rings. The third kappa shape index (κ3) is 5.69.